The zero-order chi connectivity index (χ0) is 25.3. The molecule has 0 spiro atoms. The van der Waals surface area contributed by atoms with Crippen LogP contribution in [0.5, 0.6) is 5.75 Å². The molecule has 3 heterocycles. The van der Waals surface area contributed by atoms with Gasteiger partial charge in [-0.3, -0.25) is 14.4 Å². The Bertz CT molecular complexity index is 899. The predicted octanol–water partition coefficient (Wildman–Crippen LogP) is 2.89. The molecule has 8 nitrogen and oxygen atoms in total. The van der Waals surface area contributed by atoms with Crippen LogP contribution in [0.2, 0.25) is 0 Å². The summed E-state index contributed by atoms with van der Waals surface area (Å²) in [6, 6.07) is 8.46. The molecule has 1 unspecified atom stereocenters. The van der Waals surface area contributed by atoms with E-state index >= 15 is 0 Å². The third-order valence-corrected chi connectivity index (χ3v) is 7.72. The largest absolute Gasteiger partial charge is 0.494 e. The number of fused-ring (bicyclic) bond motifs is 3. The first-order valence-electron chi connectivity index (χ1n) is 13.7. The fourth-order valence-electron chi connectivity index (χ4n) is 5.63. The SMILES string of the molecule is CCOCC(=O)N1CCC(C(=O)N2CCCOc3cccc(c3)CCC3CCCCN3C(=O)C2)CC1. The molecule has 1 aromatic carbocycles. The maximum absolute atomic E-state index is 13.6. The van der Waals surface area contributed by atoms with Crippen molar-refractivity contribution < 1.29 is 23.9 Å². The van der Waals surface area contributed by atoms with Crippen LogP contribution in [0.25, 0.3) is 0 Å². The molecule has 3 aliphatic rings. The maximum Gasteiger partial charge on any atom is 0.248 e. The van der Waals surface area contributed by atoms with Crippen molar-refractivity contribution >= 4 is 17.7 Å². The highest BCUT2D eigenvalue weighted by Gasteiger charge is 2.33. The van der Waals surface area contributed by atoms with Crippen LogP contribution in [0.3, 0.4) is 0 Å². The molecule has 8 heteroatoms. The number of likely N-dealkylation sites (tertiary alicyclic amines) is 1. The summed E-state index contributed by atoms with van der Waals surface area (Å²) in [7, 11) is 0. The third kappa shape index (κ3) is 6.99. The minimum Gasteiger partial charge on any atom is -0.494 e. The number of piperidine rings is 2. The van der Waals surface area contributed by atoms with Crippen LogP contribution in [-0.2, 0) is 25.5 Å². The van der Waals surface area contributed by atoms with Crippen LogP contribution >= 0.6 is 0 Å². The second kappa shape index (κ2) is 13.1. The molecule has 198 valence electrons. The molecule has 1 atom stereocenters. The van der Waals surface area contributed by atoms with E-state index in [4.69, 9.17) is 9.47 Å². The van der Waals surface area contributed by atoms with Crippen LogP contribution < -0.4 is 4.74 Å². The summed E-state index contributed by atoms with van der Waals surface area (Å²) in [5, 5.41) is 0. The summed E-state index contributed by atoms with van der Waals surface area (Å²) >= 11 is 0. The summed E-state index contributed by atoms with van der Waals surface area (Å²) in [4.78, 5) is 44.9. The van der Waals surface area contributed by atoms with Gasteiger partial charge in [0.05, 0.1) is 13.2 Å². The molecule has 0 saturated carbocycles. The molecule has 0 radical (unpaired) electrons. The van der Waals surface area contributed by atoms with Gasteiger partial charge in [-0.15, -0.1) is 0 Å². The van der Waals surface area contributed by atoms with Crippen molar-refractivity contribution in [3.8, 4) is 5.75 Å². The van der Waals surface area contributed by atoms with E-state index in [2.05, 4.69) is 12.1 Å². The van der Waals surface area contributed by atoms with Crippen molar-refractivity contribution in [1.82, 2.24) is 14.7 Å². The van der Waals surface area contributed by atoms with Crippen LogP contribution in [-0.4, -0.2) is 91.0 Å². The van der Waals surface area contributed by atoms with E-state index < -0.39 is 0 Å². The quantitative estimate of drug-likeness (QED) is 0.637. The Kier molecular flexibility index (Phi) is 9.61. The first kappa shape index (κ1) is 26.5. The molecule has 36 heavy (non-hydrogen) atoms. The molecule has 2 bridgehead atoms. The minimum absolute atomic E-state index is 0.0198. The molecule has 3 aliphatic heterocycles. The number of benzene rings is 1. The Morgan fingerprint density at radius 3 is 2.64 bits per heavy atom. The lowest BCUT2D eigenvalue weighted by Gasteiger charge is -2.38. The number of hydrogen-bond acceptors (Lipinski definition) is 5. The molecule has 2 fully saturated rings. The smallest absolute Gasteiger partial charge is 0.248 e. The normalized spacial score (nSPS) is 22.4. The van der Waals surface area contributed by atoms with Crippen molar-refractivity contribution in [1.29, 1.82) is 0 Å². The van der Waals surface area contributed by atoms with Crippen molar-refractivity contribution in [3.05, 3.63) is 29.8 Å². The predicted molar refractivity (Wildman–Crippen MR) is 137 cm³/mol. The van der Waals surface area contributed by atoms with Gasteiger partial charge in [0.2, 0.25) is 17.7 Å². The number of aryl methyl sites for hydroxylation is 1. The van der Waals surface area contributed by atoms with E-state index in [1.165, 1.54) is 5.56 Å². The Labute approximate surface area is 214 Å². The first-order valence-corrected chi connectivity index (χ1v) is 13.7. The number of nitrogens with zero attached hydrogens (tertiary/aromatic N) is 3. The number of rotatable bonds is 4. The minimum atomic E-state index is -0.164. The molecule has 2 saturated heterocycles. The molecule has 1 aromatic rings. The van der Waals surface area contributed by atoms with E-state index in [9.17, 15) is 14.4 Å². The molecular weight excluding hydrogens is 458 g/mol. The highest BCUT2D eigenvalue weighted by molar-refractivity contribution is 5.86. The topological polar surface area (TPSA) is 79.4 Å². The zero-order valence-corrected chi connectivity index (χ0v) is 21.7. The van der Waals surface area contributed by atoms with E-state index in [0.29, 0.717) is 52.1 Å². The lowest BCUT2D eigenvalue weighted by molar-refractivity contribution is -0.147. The summed E-state index contributed by atoms with van der Waals surface area (Å²) in [6.45, 7) is 5.47. The van der Waals surface area contributed by atoms with Crippen LogP contribution in [0, 0.1) is 5.92 Å². The van der Waals surface area contributed by atoms with Gasteiger partial charge in [-0.05, 0) is 76.0 Å². The zero-order valence-electron chi connectivity index (χ0n) is 21.7. The summed E-state index contributed by atoms with van der Waals surface area (Å²) in [5.74, 6) is 0.770. The Balaban J connectivity index is 1.43. The van der Waals surface area contributed by atoms with Crippen LogP contribution in [0.15, 0.2) is 24.3 Å². The Hall–Kier alpha value is -2.61. The summed E-state index contributed by atoms with van der Waals surface area (Å²) < 4.78 is 11.2. The van der Waals surface area contributed by atoms with Gasteiger partial charge in [0.1, 0.15) is 12.4 Å². The van der Waals surface area contributed by atoms with Gasteiger partial charge in [-0.2, -0.15) is 0 Å². The van der Waals surface area contributed by atoms with E-state index in [1.54, 1.807) is 9.80 Å². The number of ether oxygens (including phenoxy) is 2. The number of carbonyl (C=O) groups excluding carboxylic acids is 3. The van der Waals surface area contributed by atoms with Gasteiger partial charge in [0.25, 0.3) is 0 Å². The lowest BCUT2D eigenvalue weighted by Crippen LogP contribution is -2.51. The Morgan fingerprint density at radius 1 is 1.00 bits per heavy atom. The standard InChI is InChI=1S/C28H41N3O5/c1-2-35-21-27(33)29-16-12-23(13-17-29)28(34)30-14-6-18-36-25-9-5-7-22(19-25)10-11-24-8-3-4-15-31(24)26(32)20-30/h5,7,9,19,23-24H,2-4,6,8,10-18,20-21H2,1H3. The van der Waals surface area contributed by atoms with Crippen molar-refractivity contribution in [2.24, 2.45) is 5.92 Å². The summed E-state index contributed by atoms with van der Waals surface area (Å²) in [5.41, 5.74) is 1.24. The highest BCUT2D eigenvalue weighted by atomic mass is 16.5. The first-order chi connectivity index (χ1) is 17.5. The molecule has 4 rings (SSSR count). The third-order valence-electron chi connectivity index (χ3n) is 7.72. The fraction of sp³-hybridized carbons (Fsp3) is 0.679. The maximum atomic E-state index is 13.6. The van der Waals surface area contributed by atoms with Gasteiger partial charge in [0.15, 0.2) is 0 Å². The molecule has 0 aliphatic carbocycles. The van der Waals surface area contributed by atoms with Gasteiger partial charge >= 0.3 is 0 Å². The fourth-order valence-corrected chi connectivity index (χ4v) is 5.63. The van der Waals surface area contributed by atoms with E-state index in [1.807, 2.05) is 24.0 Å². The number of hydrogen-bond donors (Lipinski definition) is 0. The average Bonchev–Trinajstić information content (AvgIpc) is 2.91. The monoisotopic (exact) mass is 499 g/mol. The van der Waals surface area contributed by atoms with Crippen LogP contribution in [0.1, 0.15) is 57.4 Å². The van der Waals surface area contributed by atoms with Crippen LogP contribution in [0.4, 0.5) is 0 Å². The second-order valence-electron chi connectivity index (χ2n) is 10.2. The number of carbonyl (C=O) groups is 3. The van der Waals surface area contributed by atoms with Gasteiger partial charge < -0.3 is 24.2 Å². The second-order valence-corrected chi connectivity index (χ2v) is 10.2. The molecule has 0 aromatic heterocycles. The molecule has 3 amide bonds. The molecule has 0 N–H and O–H groups in total. The van der Waals surface area contributed by atoms with Gasteiger partial charge in [-0.1, -0.05) is 12.1 Å². The van der Waals surface area contributed by atoms with Crippen molar-refractivity contribution in [2.75, 3.05) is 52.5 Å². The van der Waals surface area contributed by atoms with E-state index in [0.717, 1.165) is 44.4 Å². The average molecular weight is 500 g/mol. The lowest BCUT2D eigenvalue weighted by atomic mass is 9.94. The summed E-state index contributed by atoms with van der Waals surface area (Å²) in [6.07, 6.45) is 6.93. The van der Waals surface area contributed by atoms with E-state index in [-0.39, 0.29) is 42.8 Å². The highest BCUT2D eigenvalue weighted by Crippen LogP contribution is 2.25. The Morgan fingerprint density at radius 2 is 1.83 bits per heavy atom. The van der Waals surface area contributed by atoms with Gasteiger partial charge in [-0.25, -0.2) is 0 Å². The van der Waals surface area contributed by atoms with Gasteiger partial charge in [0, 0.05) is 44.7 Å². The van der Waals surface area contributed by atoms with Crippen molar-refractivity contribution in [3.63, 3.8) is 0 Å². The molecular formula is C28H41N3O5. The number of amides is 3. The van der Waals surface area contributed by atoms with Crippen molar-refractivity contribution in [2.45, 2.75) is 64.3 Å².